The molecule has 3 nitrogen and oxygen atoms in total. The lowest BCUT2D eigenvalue weighted by molar-refractivity contribution is 0.210. The fourth-order valence-electron chi connectivity index (χ4n) is 1.25. The van der Waals surface area contributed by atoms with Crippen molar-refractivity contribution in [2.75, 3.05) is 0 Å². The molecule has 0 aliphatic rings. The van der Waals surface area contributed by atoms with Gasteiger partial charge in [0, 0.05) is 0 Å². The Balaban J connectivity index is 2.28. The minimum absolute atomic E-state index is 0.264. The highest BCUT2D eigenvalue weighted by molar-refractivity contribution is 5.19. The third kappa shape index (κ3) is 2.20. The van der Waals surface area contributed by atoms with Crippen LogP contribution < -0.4 is 0 Å². The summed E-state index contributed by atoms with van der Waals surface area (Å²) in [6.45, 7) is 0. The van der Waals surface area contributed by atoms with Gasteiger partial charge in [0.05, 0.1) is 23.8 Å². The maximum Gasteiger partial charge on any atom is 0.141 e. The Morgan fingerprint density at radius 2 is 1.31 bits per heavy atom. The Labute approximate surface area is 90.4 Å². The highest BCUT2D eigenvalue weighted by Gasteiger charge is 2.13. The van der Waals surface area contributed by atoms with Gasteiger partial charge in [-0.15, -0.1) is 0 Å². The highest BCUT2D eigenvalue weighted by Crippen LogP contribution is 2.17. The molecule has 1 N–H and O–H groups in total. The van der Waals surface area contributed by atoms with Crippen molar-refractivity contribution in [1.29, 1.82) is 0 Å². The molecule has 0 aliphatic heterocycles. The van der Waals surface area contributed by atoms with E-state index in [2.05, 4.69) is 9.97 Å². The van der Waals surface area contributed by atoms with Crippen molar-refractivity contribution in [1.82, 2.24) is 9.97 Å². The zero-order valence-corrected chi connectivity index (χ0v) is 8.14. The van der Waals surface area contributed by atoms with Crippen molar-refractivity contribution in [3.8, 4) is 0 Å². The SMILES string of the molecule is OC(c1ccc(F)cn1)c1ccc(F)cn1. The molecule has 0 aliphatic carbocycles. The second kappa shape index (κ2) is 4.32. The molecule has 0 spiro atoms. The lowest BCUT2D eigenvalue weighted by atomic mass is 10.1. The van der Waals surface area contributed by atoms with Gasteiger partial charge >= 0.3 is 0 Å². The van der Waals surface area contributed by atoms with E-state index in [-0.39, 0.29) is 11.4 Å². The molecule has 2 rings (SSSR count). The molecule has 0 radical (unpaired) electrons. The van der Waals surface area contributed by atoms with Crippen LogP contribution in [-0.2, 0) is 0 Å². The summed E-state index contributed by atoms with van der Waals surface area (Å²) in [6, 6.07) is 5.08. The summed E-state index contributed by atoms with van der Waals surface area (Å²) in [6.07, 6.45) is 0.922. The summed E-state index contributed by atoms with van der Waals surface area (Å²) in [5, 5.41) is 9.80. The van der Waals surface area contributed by atoms with Crippen LogP contribution in [0, 0.1) is 11.6 Å². The van der Waals surface area contributed by atoms with Crippen molar-refractivity contribution in [2.24, 2.45) is 0 Å². The number of hydrogen-bond donors (Lipinski definition) is 1. The average molecular weight is 222 g/mol. The topological polar surface area (TPSA) is 46.0 Å². The van der Waals surface area contributed by atoms with Crippen LogP contribution in [0.25, 0.3) is 0 Å². The molecular formula is C11H8F2N2O. The largest absolute Gasteiger partial charge is 0.380 e. The van der Waals surface area contributed by atoms with Gasteiger partial charge in [-0.2, -0.15) is 0 Å². The number of nitrogens with zero attached hydrogens (tertiary/aromatic N) is 2. The van der Waals surface area contributed by atoms with Gasteiger partial charge < -0.3 is 5.11 Å². The molecule has 0 atom stereocenters. The molecule has 0 saturated carbocycles. The molecular weight excluding hydrogens is 214 g/mol. The van der Waals surface area contributed by atoms with Crippen molar-refractivity contribution < 1.29 is 13.9 Å². The van der Waals surface area contributed by atoms with E-state index < -0.39 is 17.7 Å². The minimum atomic E-state index is -1.08. The smallest absolute Gasteiger partial charge is 0.141 e. The Morgan fingerprint density at radius 3 is 1.62 bits per heavy atom. The van der Waals surface area contributed by atoms with Gasteiger partial charge in [0.25, 0.3) is 0 Å². The summed E-state index contributed by atoms with van der Waals surface area (Å²) in [7, 11) is 0. The predicted octanol–water partition coefficient (Wildman–Crippen LogP) is 1.84. The zero-order valence-electron chi connectivity index (χ0n) is 8.14. The summed E-state index contributed by atoms with van der Waals surface area (Å²) in [5.41, 5.74) is 0.529. The lowest BCUT2D eigenvalue weighted by Crippen LogP contribution is -2.04. The number of aromatic nitrogens is 2. The second-order valence-corrected chi connectivity index (χ2v) is 3.21. The summed E-state index contributed by atoms with van der Waals surface area (Å²) >= 11 is 0. The first-order chi connectivity index (χ1) is 7.66. The van der Waals surface area contributed by atoms with E-state index >= 15 is 0 Å². The number of halogens is 2. The first kappa shape index (κ1) is 10.6. The highest BCUT2D eigenvalue weighted by atomic mass is 19.1. The number of aliphatic hydroxyl groups excluding tert-OH is 1. The van der Waals surface area contributed by atoms with E-state index in [4.69, 9.17) is 0 Å². The third-order valence-corrected chi connectivity index (χ3v) is 2.06. The Hall–Kier alpha value is -1.88. The lowest BCUT2D eigenvalue weighted by Gasteiger charge is -2.08. The second-order valence-electron chi connectivity index (χ2n) is 3.21. The maximum absolute atomic E-state index is 12.6. The molecule has 0 bridgehead atoms. The Bertz CT molecular complexity index is 425. The van der Waals surface area contributed by atoms with E-state index in [9.17, 15) is 13.9 Å². The number of rotatable bonds is 2. The minimum Gasteiger partial charge on any atom is -0.380 e. The molecule has 0 saturated heterocycles. The van der Waals surface area contributed by atoms with Crippen LogP contribution in [0.4, 0.5) is 8.78 Å². The van der Waals surface area contributed by atoms with Crippen LogP contribution in [0.15, 0.2) is 36.7 Å². The van der Waals surface area contributed by atoms with Crippen LogP contribution in [0.5, 0.6) is 0 Å². The molecule has 2 aromatic heterocycles. The number of hydrogen-bond acceptors (Lipinski definition) is 3. The van der Waals surface area contributed by atoms with E-state index in [0.29, 0.717) is 0 Å². The fourth-order valence-corrected chi connectivity index (χ4v) is 1.25. The van der Waals surface area contributed by atoms with Crippen molar-refractivity contribution >= 4 is 0 Å². The van der Waals surface area contributed by atoms with Gasteiger partial charge in [0.15, 0.2) is 0 Å². The standard InChI is InChI=1S/C11H8F2N2O/c12-7-1-3-9(14-5-7)11(16)10-4-2-8(13)6-15-10/h1-6,11,16H. The molecule has 5 heteroatoms. The van der Waals surface area contributed by atoms with E-state index in [1.807, 2.05) is 0 Å². The van der Waals surface area contributed by atoms with Crippen LogP contribution in [0.2, 0.25) is 0 Å². The molecule has 2 aromatic rings. The summed E-state index contributed by atoms with van der Waals surface area (Å²) < 4.78 is 25.2. The molecule has 82 valence electrons. The van der Waals surface area contributed by atoms with Gasteiger partial charge in [-0.05, 0) is 24.3 Å². The third-order valence-electron chi connectivity index (χ3n) is 2.06. The van der Waals surface area contributed by atoms with Gasteiger partial charge in [-0.25, -0.2) is 8.78 Å². The molecule has 0 fully saturated rings. The first-order valence-corrected chi connectivity index (χ1v) is 4.58. The first-order valence-electron chi connectivity index (χ1n) is 4.58. The normalized spacial score (nSPS) is 10.8. The van der Waals surface area contributed by atoms with Gasteiger partial charge in [0.2, 0.25) is 0 Å². The van der Waals surface area contributed by atoms with Crippen LogP contribution in [-0.4, -0.2) is 15.1 Å². The maximum atomic E-state index is 12.6. The molecule has 0 amide bonds. The quantitative estimate of drug-likeness (QED) is 0.843. The monoisotopic (exact) mass is 222 g/mol. The van der Waals surface area contributed by atoms with Crippen molar-refractivity contribution in [2.45, 2.75) is 6.10 Å². The molecule has 16 heavy (non-hydrogen) atoms. The van der Waals surface area contributed by atoms with Gasteiger partial charge in [-0.3, -0.25) is 9.97 Å². The van der Waals surface area contributed by atoms with Crippen molar-refractivity contribution in [3.05, 3.63) is 59.7 Å². The fraction of sp³-hybridized carbons (Fsp3) is 0.0909. The summed E-state index contributed by atoms with van der Waals surface area (Å²) in [4.78, 5) is 7.44. The van der Waals surface area contributed by atoms with E-state index in [1.165, 1.54) is 24.3 Å². The van der Waals surface area contributed by atoms with Gasteiger partial charge in [-0.1, -0.05) is 0 Å². The predicted molar refractivity (Wildman–Crippen MR) is 52.5 cm³/mol. The molecule has 0 unspecified atom stereocenters. The molecule has 0 aromatic carbocycles. The average Bonchev–Trinajstić information content (AvgIpc) is 2.30. The van der Waals surface area contributed by atoms with Crippen LogP contribution >= 0.6 is 0 Å². The molecule has 2 heterocycles. The van der Waals surface area contributed by atoms with E-state index in [0.717, 1.165) is 12.4 Å². The Kier molecular flexibility index (Phi) is 2.87. The Morgan fingerprint density at radius 1 is 0.875 bits per heavy atom. The van der Waals surface area contributed by atoms with Gasteiger partial charge in [0.1, 0.15) is 17.7 Å². The van der Waals surface area contributed by atoms with E-state index in [1.54, 1.807) is 0 Å². The number of aliphatic hydroxyl groups is 1. The summed E-state index contributed by atoms with van der Waals surface area (Å²) in [5.74, 6) is -0.967. The van der Waals surface area contributed by atoms with Crippen LogP contribution in [0.3, 0.4) is 0 Å². The van der Waals surface area contributed by atoms with Crippen molar-refractivity contribution in [3.63, 3.8) is 0 Å². The van der Waals surface area contributed by atoms with Crippen LogP contribution in [0.1, 0.15) is 17.5 Å². The number of pyridine rings is 2. The zero-order chi connectivity index (χ0) is 11.5.